The number of nitrogens with one attached hydrogen (secondary N) is 1. The van der Waals surface area contributed by atoms with Gasteiger partial charge in [-0.25, -0.2) is 8.42 Å². The monoisotopic (exact) mass is 321 g/mol. The molecule has 5 nitrogen and oxygen atoms in total. The molecule has 2 rings (SSSR count). The molecule has 0 fully saturated rings. The van der Waals surface area contributed by atoms with Gasteiger partial charge in [0.15, 0.2) is 9.84 Å². The Hall–Kier alpha value is -1.66. The molecule has 1 N–H and O–H groups in total. The standard InChI is InChI=1S/C16H23N3O2S/c1-12-5-7-16(8-6-12)22(20,21)11-13(2)18-14(3)15-9-17-19(4)10-15/h5-10,13-14,18H,11H2,1-4H3/t13-,14-/m0/s1. The van der Waals surface area contributed by atoms with Crippen molar-refractivity contribution in [2.24, 2.45) is 7.05 Å². The molecule has 0 aliphatic heterocycles. The molecule has 0 bridgehead atoms. The third-order valence-electron chi connectivity index (χ3n) is 3.61. The number of nitrogens with zero attached hydrogens (tertiary/aromatic N) is 2. The van der Waals surface area contributed by atoms with Gasteiger partial charge in [0.25, 0.3) is 0 Å². The molecule has 0 aliphatic carbocycles. The Morgan fingerprint density at radius 3 is 2.41 bits per heavy atom. The molecule has 0 radical (unpaired) electrons. The van der Waals surface area contributed by atoms with Crippen LogP contribution in [0.25, 0.3) is 0 Å². The van der Waals surface area contributed by atoms with Gasteiger partial charge in [-0.2, -0.15) is 5.10 Å². The maximum Gasteiger partial charge on any atom is 0.179 e. The van der Waals surface area contributed by atoms with E-state index in [0.717, 1.165) is 11.1 Å². The molecule has 2 atom stereocenters. The SMILES string of the molecule is Cc1ccc(S(=O)(=O)C[C@H](C)N[C@@H](C)c2cnn(C)c2)cc1. The highest BCUT2D eigenvalue weighted by Crippen LogP contribution is 2.15. The molecule has 22 heavy (non-hydrogen) atoms. The van der Waals surface area contributed by atoms with Crippen molar-refractivity contribution < 1.29 is 8.42 Å². The minimum atomic E-state index is -3.28. The van der Waals surface area contributed by atoms with Crippen LogP contribution in [0, 0.1) is 6.92 Å². The topological polar surface area (TPSA) is 64.0 Å². The van der Waals surface area contributed by atoms with Gasteiger partial charge in [-0.3, -0.25) is 4.68 Å². The number of hydrogen-bond acceptors (Lipinski definition) is 4. The van der Waals surface area contributed by atoms with Crippen molar-refractivity contribution in [1.29, 1.82) is 0 Å². The van der Waals surface area contributed by atoms with Crippen LogP contribution in [0.5, 0.6) is 0 Å². The van der Waals surface area contributed by atoms with Crippen LogP contribution in [0.4, 0.5) is 0 Å². The minimum Gasteiger partial charge on any atom is -0.307 e. The number of aromatic nitrogens is 2. The van der Waals surface area contributed by atoms with Gasteiger partial charge in [0.05, 0.1) is 16.8 Å². The second kappa shape index (κ2) is 6.62. The van der Waals surface area contributed by atoms with Gasteiger partial charge in [0.1, 0.15) is 0 Å². The molecule has 120 valence electrons. The molecule has 0 saturated heterocycles. The molecule has 0 aliphatic rings. The van der Waals surface area contributed by atoms with Crippen LogP contribution < -0.4 is 5.32 Å². The lowest BCUT2D eigenvalue weighted by Gasteiger charge is -2.19. The normalized spacial score (nSPS) is 14.7. The highest BCUT2D eigenvalue weighted by molar-refractivity contribution is 7.91. The number of hydrogen-bond donors (Lipinski definition) is 1. The van der Waals surface area contributed by atoms with Crippen LogP contribution in [-0.4, -0.2) is 30.0 Å². The van der Waals surface area contributed by atoms with E-state index in [1.807, 2.05) is 46.1 Å². The lowest BCUT2D eigenvalue weighted by molar-refractivity contribution is 0.499. The maximum atomic E-state index is 12.4. The van der Waals surface area contributed by atoms with E-state index >= 15 is 0 Å². The van der Waals surface area contributed by atoms with Gasteiger partial charge >= 0.3 is 0 Å². The summed E-state index contributed by atoms with van der Waals surface area (Å²) < 4.78 is 26.6. The number of benzene rings is 1. The van der Waals surface area contributed by atoms with Gasteiger partial charge in [-0.1, -0.05) is 17.7 Å². The fraction of sp³-hybridized carbons (Fsp3) is 0.438. The molecule has 2 aromatic rings. The third-order valence-corrected chi connectivity index (χ3v) is 5.54. The van der Waals surface area contributed by atoms with E-state index in [2.05, 4.69) is 10.4 Å². The average Bonchev–Trinajstić information content (AvgIpc) is 2.85. The van der Waals surface area contributed by atoms with Crippen molar-refractivity contribution in [1.82, 2.24) is 15.1 Å². The van der Waals surface area contributed by atoms with Gasteiger partial charge in [0.2, 0.25) is 0 Å². The molecule has 0 spiro atoms. The van der Waals surface area contributed by atoms with Crippen molar-refractivity contribution in [3.05, 3.63) is 47.8 Å². The first-order valence-corrected chi connectivity index (χ1v) is 8.97. The van der Waals surface area contributed by atoms with Crippen LogP contribution >= 0.6 is 0 Å². The van der Waals surface area contributed by atoms with Crippen LogP contribution in [0.2, 0.25) is 0 Å². The van der Waals surface area contributed by atoms with Gasteiger partial charge in [-0.15, -0.1) is 0 Å². The molecular formula is C16H23N3O2S. The van der Waals surface area contributed by atoms with Gasteiger partial charge in [0, 0.05) is 30.9 Å². The molecular weight excluding hydrogens is 298 g/mol. The van der Waals surface area contributed by atoms with Gasteiger partial charge in [-0.05, 0) is 32.9 Å². The summed E-state index contributed by atoms with van der Waals surface area (Å²) in [6, 6.07) is 6.88. The Balaban J connectivity index is 2.01. The third kappa shape index (κ3) is 4.18. The smallest absolute Gasteiger partial charge is 0.179 e. The van der Waals surface area contributed by atoms with Crippen molar-refractivity contribution in [3.63, 3.8) is 0 Å². The first-order chi connectivity index (χ1) is 10.3. The first-order valence-electron chi connectivity index (χ1n) is 7.32. The number of aryl methyl sites for hydroxylation is 2. The Morgan fingerprint density at radius 2 is 1.86 bits per heavy atom. The average molecular weight is 321 g/mol. The van der Waals surface area contributed by atoms with E-state index in [-0.39, 0.29) is 17.8 Å². The summed E-state index contributed by atoms with van der Waals surface area (Å²) in [5.41, 5.74) is 2.09. The van der Waals surface area contributed by atoms with E-state index in [1.54, 1.807) is 23.0 Å². The van der Waals surface area contributed by atoms with E-state index in [4.69, 9.17) is 0 Å². The van der Waals surface area contributed by atoms with Crippen molar-refractivity contribution in [3.8, 4) is 0 Å². The number of sulfone groups is 1. The number of rotatable bonds is 6. The maximum absolute atomic E-state index is 12.4. The summed E-state index contributed by atoms with van der Waals surface area (Å²) in [5.74, 6) is 0.0701. The summed E-state index contributed by atoms with van der Waals surface area (Å²) in [7, 11) is -1.42. The zero-order chi connectivity index (χ0) is 16.3. The van der Waals surface area contributed by atoms with E-state index in [9.17, 15) is 8.42 Å². The summed E-state index contributed by atoms with van der Waals surface area (Å²) in [6.45, 7) is 5.83. The predicted molar refractivity (Wildman–Crippen MR) is 87.5 cm³/mol. The van der Waals surface area contributed by atoms with E-state index in [0.29, 0.717) is 4.90 Å². The Morgan fingerprint density at radius 1 is 1.23 bits per heavy atom. The van der Waals surface area contributed by atoms with Crippen molar-refractivity contribution in [2.75, 3.05) is 5.75 Å². The quantitative estimate of drug-likeness (QED) is 0.886. The molecule has 1 aromatic heterocycles. The van der Waals surface area contributed by atoms with Crippen LogP contribution in [0.3, 0.4) is 0 Å². The highest BCUT2D eigenvalue weighted by Gasteiger charge is 2.20. The van der Waals surface area contributed by atoms with Crippen molar-refractivity contribution >= 4 is 9.84 Å². The van der Waals surface area contributed by atoms with Gasteiger partial charge < -0.3 is 5.32 Å². The highest BCUT2D eigenvalue weighted by atomic mass is 32.2. The first kappa shape index (κ1) is 16.7. The zero-order valence-corrected chi connectivity index (χ0v) is 14.3. The largest absolute Gasteiger partial charge is 0.307 e. The Kier molecular flexibility index (Phi) is 5.03. The lowest BCUT2D eigenvalue weighted by atomic mass is 10.2. The summed E-state index contributed by atoms with van der Waals surface area (Å²) >= 11 is 0. The zero-order valence-electron chi connectivity index (χ0n) is 13.4. The minimum absolute atomic E-state index is 0.0527. The summed E-state index contributed by atoms with van der Waals surface area (Å²) in [5, 5.41) is 7.45. The fourth-order valence-electron chi connectivity index (χ4n) is 2.41. The predicted octanol–water partition coefficient (Wildman–Crippen LogP) is 2.24. The Labute approximate surface area is 132 Å². The second-order valence-electron chi connectivity index (χ2n) is 5.83. The molecule has 1 aromatic carbocycles. The lowest BCUT2D eigenvalue weighted by Crippen LogP contribution is -2.34. The van der Waals surface area contributed by atoms with E-state index in [1.165, 1.54) is 0 Å². The van der Waals surface area contributed by atoms with E-state index < -0.39 is 9.84 Å². The second-order valence-corrected chi connectivity index (χ2v) is 7.87. The molecule has 0 amide bonds. The van der Waals surface area contributed by atoms with Crippen LogP contribution in [-0.2, 0) is 16.9 Å². The molecule has 0 unspecified atom stereocenters. The summed E-state index contributed by atoms with van der Waals surface area (Å²) in [4.78, 5) is 0.376. The molecule has 1 heterocycles. The van der Waals surface area contributed by atoms with Crippen LogP contribution in [0.1, 0.15) is 31.0 Å². The molecule has 0 saturated carbocycles. The van der Waals surface area contributed by atoms with Crippen LogP contribution in [0.15, 0.2) is 41.6 Å². The molecule has 6 heteroatoms. The fourth-order valence-corrected chi connectivity index (χ4v) is 3.90. The van der Waals surface area contributed by atoms with Crippen molar-refractivity contribution in [2.45, 2.75) is 37.8 Å². The Bertz CT molecular complexity index is 720. The summed E-state index contributed by atoms with van der Waals surface area (Å²) in [6.07, 6.45) is 3.72.